The Bertz CT molecular complexity index is 900. The average Bonchev–Trinajstić information content (AvgIpc) is 2.99. The van der Waals surface area contributed by atoms with Crippen LogP contribution in [0.3, 0.4) is 0 Å². The van der Waals surface area contributed by atoms with Gasteiger partial charge in [0.2, 0.25) is 0 Å². The Balaban J connectivity index is 1.82. The Labute approximate surface area is 144 Å². The second-order valence-electron chi connectivity index (χ2n) is 5.75. The summed E-state index contributed by atoms with van der Waals surface area (Å²) in [6.07, 6.45) is 0. The van der Waals surface area contributed by atoms with Crippen molar-refractivity contribution < 1.29 is 9.18 Å². The molecular formula is C19H17FN2OS. The third kappa shape index (κ3) is 3.36. The molecule has 3 rings (SSSR count). The summed E-state index contributed by atoms with van der Waals surface area (Å²) in [7, 11) is 0. The molecule has 5 heteroatoms. The molecule has 0 bridgehead atoms. The predicted molar refractivity (Wildman–Crippen MR) is 96.1 cm³/mol. The first kappa shape index (κ1) is 16.3. The van der Waals surface area contributed by atoms with Crippen molar-refractivity contribution in [1.82, 2.24) is 4.98 Å². The number of amides is 1. The van der Waals surface area contributed by atoms with Gasteiger partial charge in [-0.25, -0.2) is 9.37 Å². The zero-order valence-electron chi connectivity index (χ0n) is 13.7. The normalized spacial score (nSPS) is 10.7. The Morgan fingerprint density at radius 1 is 1.04 bits per heavy atom. The van der Waals surface area contributed by atoms with E-state index in [0.29, 0.717) is 10.7 Å². The highest BCUT2D eigenvalue weighted by Crippen LogP contribution is 2.29. The molecule has 0 aliphatic heterocycles. The van der Waals surface area contributed by atoms with Crippen molar-refractivity contribution in [2.24, 2.45) is 0 Å². The minimum atomic E-state index is -0.367. The predicted octanol–water partition coefficient (Wildman–Crippen LogP) is 5.13. The molecule has 1 heterocycles. The molecule has 1 aromatic heterocycles. The maximum atomic E-state index is 12.9. The van der Waals surface area contributed by atoms with Gasteiger partial charge in [0.25, 0.3) is 5.91 Å². The van der Waals surface area contributed by atoms with E-state index in [0.717, 1.165) is 16.8 Å². The van der Waals surface area contributed by atoms with Crippen LogP contribution in [0, 0.1) is 26.6 Å². The fourth-order valence-corrected chi connectivity index (χ4v) is 3.17. The molecule has 0 aliphatic carbocycles. The lowest BCUT2D eigenvalue weighted by molar-refractivity contribution is 0.102. The number of rotatable bonds is 3. The van der Waals surface area contributed by atoms with E-state index in [2.05, 4.69) is 43.2 Å². The minimum absolute atomic E-state index is 0.298. The van der Waals surface area contributed by atoms with Crippen molar-refractivity contribution in [1.29, 1.82) is 0 Å². The van der Waals surface area contributed by atoms with E-state index < -0.39 is 0 Å². The molecule has 0 saturated heterocycles. The molecule has 0 aliphatic rings. The van der Waals surface area contributed by atoms with Gasteiger partial charge in [0.15, 0.2) is 5.13 Å². The van der Waals surface area contributed by atoms with E-state index in [1.807, 2.05) is 5.38 Å². The van der Waals surface area contributed by atoms with Gasteiger partial charge >= 0.3 is 0 Å². The summed E-state index contributed by atoms with van der Waals surface area (Å²) in [6, 6.07) is 9.69. The van der Waals surface area contributed by atoms with Crippen LogP contribution in [-0.2, 0) is 0 Å². The highest BCUT2D eigenvalue weighted by molar-refractivity contribution is 7.14. The van der Waals surface area contributed by atoms with E-state index in [-0.39, 0.29) is 11.7 Å². The van der Waals surface area contributed by atoms with E-state index in [1.54, 1.807) is 0 Å². The molecule has 0 atom stereocenters. The van der Waals surface area contributed by atoms with Crippen LogP contribution in [-0.4, -0.2) is 10.9 Å². The number of nitrogens with one attached hydrogen (secondary N) is 1. The second kappa shape index (κ2) is 6.53. The lowest BCUT2D eigenvalue weighted by atomic mass is 9.99. The first-order chi connectivity index (χ1) is 11.4. The van der Waals surface area contributed by atoms with Gasteiger partial charge < -0.3 is 0 Å². The fraction of sp³-hybridized carbons (Fsp3) is 0.158. The molecule has 1 amide bonds. The number of aromatic nitrogens is 1. The highest BCUT2D eigenvalue weighted by atomic mass is 32.1. The lowest BCUT2D eigenvalue weighted by Crippen LogP contribution is -2.11. The monoisotopic (exact) mass is 340 g/mol. The number of hydrogen-bond acceptors (Lipinski definition) is 3. The van der Waals surface area contributed by atoms with Crippen LogP contribution in [0.4, 0.5) is 9.52 Å². The quantitative estimate of drug-likeness (QED) is 0.718. The second-order valence-corrected chi connectivity index (χ2v) is 6.61. The van der Waals surface area contributed by atoms with Crippen LogP contribution >= 0.6 is 11.3 Å². The molecule has 3 nitrogen and oxygen atoms in total. The summed E-state index contributed by atoms with van der Waals surface area (Å²) in [5.41, 5.74) is 5.92. The molecule has 24 heavy (non-hydrogen) atoms. The van der Waals surface area contributed by atoms with Gasteiger partial charge in [0.05, 0.1) is 5.69 Å². The first-order valence-corrected chi connectivity index (χ1v) is 8.42. The third-order valence-corrected chi connectivity index (χ3v) is 4.71. The van der Waals surface area contributed by atoms with E-state index in [4.69, 9.17) is 0 Å². The minimum Gasteiger partial charge on any atom is -0.298 e. The molecule has 0 fully saturated rings. The number of thiazole rings is 1. The molecule has 0 saturated carbocycles. The summed E-state index contributed by atoms with van der Waals surface area (Å²) in [6.45, 7) is 6.21. The van der Waals surface area contributed by atoms with Crippen LogP contribution in [0.15, 0.2) is 41.8 Å². The zero-order valence-corrected chi connectivity index (χ0v) is 14.5. The largest absolute Gasteiger partial charge is 0.298 e. The number of benzene rings is 2. The van der Waals surface area contributed by atoms with Crippen molar-refractivity contribution in [3.05, 3.63) is 69.8 Å². The van der Waals surface area contributed by atoms with E-state index in [9.17, 15) is 9.18 Å². The SMILES string of the molecule is Cc1cc(C)c(-c2csc(NC(=O)c3ccc(F)cc3)n2)cc1C. The molecule has 0 radical (unpaired) electrons. The standard InChI is InChI=1S/C19H17FN2OS/c1-11-8-13(3)16(9-12(11)2)17-10-24-19(21-17)22-18(23)14-4-6-15(20)7-5-14/h4-10H,1-3H3,(H,21,22,23). The Hall–Kier alpha value is -2.53. The topological polar surface area (TPSA) is 42.0 Å². The molecule has 3 aromatic rings. The summed E-state index contributed by atoms with van der Waals surface area (Å²) in [5.74, 6) is -0.666. The van der Waals surface area contributed by atoms with Crippen LogP contribution in [0.25, 0.3) is 11.3 Å². The third-order valence-electron chi connectivity index (χ3n) is 3.95. The number of carbonyl (C=O) groups excluding carboxylic acids is 1. The molecule has 1 N–H and O–H groups in total. The van der Waals surface area contributed by atoms with E-state index >= 15 is 0 Å². The average molecular weight is 340 g/mol. The Morgan fingerprint density at radius 3 is 2.42 bits per heavy atom. The highest BCUT2D eigenvalue weighted by Gasteiger charge is 2.12. The number of nitrogens with zero attached hydrogens (tertiary/aromatic N) is 1. The molecule has 0 spiro atoms. The Morgan fingerprint density at radius 2 is 1.71 bits per heavy atom. The zero-order chi connectivity index (χ0) is 17.3. The molecular weight excluding hydrogens is 323 g/mol. The van der Waals surface area contributed by atoms with Crippen molar-refractivity contribution in [3.63, 3.8) is 0 Å². The number of hydrogen-bond donors (Lipinski definition) is 1. The number of halogens is 1. The lowest BCUT2D eigenvalue weighted by Gasteiger charge is -2.07. The van der Waals surface area contributed by atoms with Gasteiger partial charge in [-0.1, -0.05) is 6.07 Å². The summed E-state index contributed by atoms with van der Waals surface area (Å²) in [5, 5.41) is 5.21. The summed E-state index contributed by atoms with van der Waals surface area (Å²) < 4.78 is 12.9. The number of anilines is 1. The number of aryl methyl sites for hydroxylation is 3. The van der Waals surface area contributed by atoms with Crippen LogP contribution in [0.2, 0.25) is 0 Å². The summed E-state index contributed by atoms with van der Waals surface area (Å²) in [4.78, 5) is 16.7. The van der Waals surface area contributed by atoms with Gasteiger partial charge in [0.1, 0.15) is 5.82 Å². The van der Waals surface area contributed by atoms with Crippen molar-refractivity contribution in [2.75, 3.05) is 5.32 Å². The summed E-state index contributed by atoms with van der Waals surface area (Å²) >= 11 is 1.37. The number of carbonyl (C=O) groups is 1. The van der Waals surface area contributed by atoms with Crippen LogP contribution in [0.5, 0.6) is 0 Å². The molecule has 122 valence electrons. The van der Waals surface area contributed by atoms with Crippen LogP contribution < -0.4 is 5.32 Å². The smallest absolute Gasteiger partial charge is 0.257 e. The van der Waals surface area contributed by atoms with Gasteiger partial charge in [-0.3, -0.25) is 10.1 Å². The molecule has 2 aromatic carbocycles. The molecule has 0 unspecified atom stereocenters. The maximum Gasteiger partial charge on any atom is 0.257 e. The van der Waals surface area contributed by atoms with Gasteiger partial charge in [-0.05, 0) is 67.8 Å². The first-order valence-electron chi connectivity index (χ1n) is 7.54. The maximum absolute atomic E-state index is 12.9. The van der Waals surface area contributed by atoms with Gasteiger partial charge in [-0.2, -0.15) is 0 Å². The fourth-order valence-electron chi connectivity index (χ4n) is 2.46. The Kier molecular flexibility index (Phi) is 4.44. The van der Waals surface area contributed by atoms with E-state index in [1.165, 1.54) is 46.7 Å². The van der Waals surface area contributed by atoms with Crippen molar-refractivity contribution >= 4 is 22.4 Å². The van der Waals surface area contributed by atoms with Gasteiger partial charge in [0, 0.05) is 16.5 Å². The van der Waals surface area contributed by atoms with Crippen molar-refractivity contribution in [3.8, 4) is 11.3 Å². The van der Waals surface area contributed by atoms with Gasteiger partial charge in [-0.15, -0.1) is 11.3 Å². The van der Waals surface area contributed by atoms with Crippen LogP contribution in [0.1, 0.15) is 27.0 Å². The van der Waals surface area contributed by atoms with Crippen molar-refractivity contribution in [2.45, 2.75) is 20.8 Å².